The molecule has 2 fully saturated rings. The lowest BCUT2D eigenvalue weighted by Crippen LogP contribution is -2.47. The lowest BCUT2D eigenvalue weighted by atomic mass is 9.96. The normalized spacial score (nSPS) is 23.2. The van der Waals surface area contributed by atoms with Gasteiger partial charge in [0.15, 0.2) is 5.96 Å². The highest BCUT2D eigenvalue weighted by molar-refractivity contribution is 14.0. The molecule has 2 aromatic rings. The van der Waals surface area contributed by atoms with Crippen molar-refractivity contribution in [3.8, 4) is 11.5 Å². The van der Waals surface area contributed by atoms with E-state index in [1.807, 2.05) is 6.07 Å². The number of hydrogen-bond donors (Lipinski definition) is 2. The second kappa shape index (κ2) is 9.51. The maximum atomic E-state index is 13.0. The van der Waals surface area contributed by atoms with Crippen molar-refractivity contribution in [2.24, 2.45) is 4.99 Å². The van der Waals surface area contributed by atoms with Gasteiger partial charge in [0, 0.05) is 19.3 Å². The SMILES string of the molecule is CN=C(NCc1cc(Oc2ccc(F)cc2)ccn1)NC1CC2CCC1O2.I. The molecular weight excluding hydrogens is 474 g/mol. The van der Waals surface area contributed by atoms with Crippen LogP contribution in [0.3, 0.4) is 0 Å². The van der Waals surface area contributed by atoms with Crippen LogP contribution in [0.25, 0.3) is 0 Å². The van der Waals surface area contributed by atoms with Gasteiger partial charge < -0.3 is 20.1 Å². The number of rotatable bonds is 5. The van der Waals surface area contributed by atoms with Crippen LogP contribution >= 0.6 is 24.0 Å². The summed E-state index contributed by atoms with van der Waals surface area (Å²) in [5.74, 6) is 1.68. The average Bonchev–Trinajstić information content (AvgIpc) is 3.30. The summed E-state index contributed by atoms with van der Waals surface area (Å²) in [7, 11) is 1.75. The smallest absolute Gasteiger partial charge is 0.191 e. The number of ether oxygens (including phenoxy) is 2. The quantitative estimate of drug-likeness (QED) is 0.375. The number of hydrogen-bond acceptors (Lipinski definition) is 4. The van der Waals surface area contributed by atoms with E-state index in [-0.39, 0.29) is 29.8 Å². The van der Waals surface area contributed by atoms with Crippen LogP contribution < -0.4 is 15.4 Å². The van der Waals surface area contributed by atoms with E-state index >= 15 is 0 Å². The third-order valence-corrected chi connectivity index (χ3v) is 4.93. The Kier molecular flexibility index (Phi) is 7.06. The Morgan fingerprint density at radius 1 is 1.25 bits per heavy atom. The van der Waals surface area contributed by atoms with Crippen LogP contribution in [0.4, 0.5) is 4.39 Å². The van der Waals surface area contributed by atoms with E-state index in [4.69, 9.17) is 9.47 Å². The first kappa shape index (κ1) is 20.8. The van der Waals surface area contributed by atoms with Crippen LogP contribution in [0.2, 0.25) is 0 Å². The zero-order valence-corrected chi connectivity index (χ0v) is 17.9. The fraction of sp³-hybridized carbons (Fsp3) is 0.400. The molecule has 0 amide bonds. The van der Waals surface area contributed by atoms with Crippen LogP contribution in [-0.4, -0.2) is 36.2 Å². The highest BCUT2D eigenvalue weighted by Gasteiger charge is 2.41. The molecule has 1 aromatic carbocycles. The predicted molar refractivity (Wildman–Crippen MR) is 116 cm³/mol. The van der Waals surface area contributed by atoms with Crippen LogP contribution in [0, 0.1) is 5.82 Å². The summed E-state index contributed by atoms with van der Waals surface area (Å²) in [5.41, 5.74) is 0.821. The van der Waals surface area contributed by atoms with Gasteiger partial charge >= 0.3 is 0 Å². The minimum atomic E-state index is -0.290. The molecular formula is C20H24FIN4O2. The minimum absolute atomic E-state index is 0. The first-order chi connectivity index (χ1) is 13.2. The fourth-order valence-electron chi connectivity index (χ4n) is 3.59. The van der Waals surface area contributed by atoms with Crippen LogP contribution in [0.5, 0.6) is 11.5 Å². The average molecular weight is 498 g/mol. The summed E-state index contributed by atoms with van der Waals surface area (Å²) >= 11 is 0. The highest BCUT2D eigenvalue weighted by Crippen LogP contribution is 2.34. The molecule has 2 N–H and O–H groups in total. The van der Waals surface area contributed by atoms with Gasteiger partial charge in [-0.05, 0) is 49.6 Å². The Bertz CT molecular complexity index is 818. The van der Waals surface area contributed by atoms with Gasteiger partial charge in [-0.2, -0.15) is 0 Å². The number of pyridine rings is 1. The number of nitrogens with zero attached hydrogens (tertiary/aromatic N) is 2. The molecule has 2 aliphatic heterocycles. The molecule has 3 unspecified atom stereocenters. The van der Waals surface area contributed by atoms with Gasteiger partial charge in [-0.15, -0.1) is 24.0 Å². The van der Waals surface area contributed by atoms with Crippen molar-refractivity contribution >= 4 is 29.9 Å². The minimum Gasteiger partial charge on any atom is -0.457 e. The number of aromatic nitrogens is 1. The van der Waals surface area contributed by atoms with Crippen LogP contribution in [-0.2, 0) is 11.3 Å². The van der Waals surface area contributed by atoms with E-state index in [1.165, 1.54) is 18.6 Å². The molecule has 2 saturated heterocycles. The van der Waals surface area contributed by atoms with Crippen molar-refractivity contribution < 1.29 is 13.9 Å². The molecule has 2 bridgehead atoms. The molecule has 0 radical (unpaired) electrons. The van der Waals surface area contributed by atoms with E-state index in [0.717, 1.165) is 24.5 Å². The third kappa shape index (κ3) is 5.11. The van der Waals surface area contributed by atoms with E-state index in [1.54, 1.807) is 31.4 Å². The lowest BCUT2D eigenvalue weighted by molar-refractivity contribution is 0.0992. The van der Waals surface area contributed by atoms with E-state index in [9.17, 15) is 4.39 Å². The van der Waals surface area contributed by atoms with Gasteiger partial charge in [-0.25, -0.2) is 4.39 Å². The third-order valence-electron chi connectivity index (χ3n) is 4.93. The van der Waals surface area contributed by atoms with Crippen LogP contribution in [0.15, 0.2) is 47.6 Å². The Morgan fingerprint density at radius 2 is 2.07 bits per heavy atom. The number of halogens is 2. The standard InChI is InChI=1S/C20H23FN4O2.HI/c1-22-20(25-18-11-16-6-7-19(18)27-16)24-12-14-10-17(8-9-23-14)26-15-4-2-13(21)3-5-15;/h2-5,8-10,16,18-19H,6-7,11-12H2,1H3,(H2,22,24,25);1H. The number of aliphatic imine (C=N–C) groups is 1. The number of guanidine groups is 1. The van der Waals surface area contributed by atoms with Gasteiger partial charge in [-0.3, -0.25) is 9.98 Å². The van der Waals surface area contributed by atoms with Crippen molar-refractivity contribution in [1.29, 1.82) is 0 Å². The lowest BCUT2D eigenvalue weighted by Gasteiger charge is -2.22. The molecule has 2 aliphatic rings. The molecule has 4 rings (SSSR count). The molecule has 28 heavy (non-hydrogen) atoms. The molecule has 0 spiro atoms. The maximum absolute atomic E-state index is 13.0. The van der Waals surface area contributed by atoms with Crippen LogP contribution in [0.1, 0.15) is 25.0 Å². The number of fused-ring (bicyclic) bond motifs is 2. The molecule has 3 atom stereocenters. The summed E-state index contributed by atoms with van der Waals surface area (Å²) in [5, 5.41) is 6.73. The van der Waals surface area contributed by atoms with Crippen molar-refractivity contribution in [3.63, 3.8) is 0 Å². The number of benzene rings is 1. The van der Waals surface area contributed by atoms with Gasteiger partial charge in [0.25, 0.3) is 0 Å². The Balaban J connectivity index is 0.00000225. The first-order valence-corrected chi connectivity index (χ1v) is 9.20. The van der Waals surface area contributed by atoms with Gasteiger partial charge in [-0.1, -0.05) is 0 Å². The van der Waals surface area contributed by atoms with Gasteiger partial charge in [0.1, 0.15) is 17.3 Å². The van der Waals surface area contributed by atoms with E-state index in [2.05, 4.69) is 20.6 Å². The summed E-state index contributed by atoms with van der Waals surface area (Å²) < 4.78 is 24.6. The molecule has 3 heterocycles. The van der Waals surface area contributed by atoms with E-state index < -0.39 is 0 Å². The van der Waals surface area contributed by atoms with E-state index in [0.29, 0.717) is 36.3 Å². The summed E-state index contributed by atoms with van der Waals surface area (Å²) in [4.78, 5) is 8.65. The Morgan fingerprint density at radius 3 is 2.75 bits per heavy atom. The Hall–Kier alpha value is -1.94. The largest absolute Gasteiger partial charge is 0.457 e. The molecule has 150 valence electrons. The second-order valence-electron chi connectivity index (χ2n) is 6.83. The molecule has 6 nitrogen and oxygen atoms in total. The topological polar surface area (TPSA) is 67.8 Å². The summed E-state index contributed by atoms with van der Waals surface area (Å²) in [6, 6.07) is 9.86. The Labute approximate surface area is 181 Å². The fourth-order valence-corrected chi connectivity index (χ4v) is 3.59. The summed E-state index contributed by atoms with van der Waals surface area (Å²) in [6.07, 6.45) is 5.69. The zero-order valence-electron chi connectivity index (χ0n) is 15.6. The first-order valence-electron chi connectivity index (χ1n) is 9.20. The maximum Gasteiger partial charge on any atom is 0.191 e. The van der Waals surface area contributed by atoms with Gasteiger partial charge in [0.2, 0.25) is 0 Å². The molecule has 0 aliphatic carbocycles. The van der Waals surface area contributed by atoms with Gasteiger partial charge in [0.05, 0.1) is 30.5 Å². The number of nitrogens with one attached hydrogen (secondary N) is 2. The summed E-state index contributed by atoms with van der Waals surface area (Å²) in [6.45, 7) is 0.516. The van der Waals surface area contributed by atoms with Crippen molar-refractivity contribution in [3.05, 3.63) is 54.1 Å². The monoisotopic (exact) mass is 498 g/mol. The molecule has 8 heteroatoms. The van der Waals surface area contributed by atoms with Crippen molar-refractivity contribution in [2.45, 2.75) is 44.1 Å². The zero-order chi connectivity index (χ0) is 18.6. The van der Waals surface area contributed by atoms with Crippen molar-refractivity contribution in [1.82, 2.24) is 15.6 Å². The highest BCUT2D eigenvalue weighted by atomic mass is 127. The van der Waals surface area contributed by atoms with Crippen molar-refractivity contribution in [2.75, 3.05) is 7.05 Å². The second-order valence-corrected chi connectivity index (χ2v) is 6.83. The predicted octanol–water partition coefficient (Wildman–Crippen LogP) is 3.62. The molecule has 0 saturated carbocycles. The molecule has 1 aromatic heterocycles.